The first-order chi connectivity index (χ1) is 9.42. The van der Waals surface area contributed by atoms with Gasteiger partial charge in [0.05, 0.1) is 5.69 Å². The summed E-state index contributed by atoms with van der Waals surface area (Å²) in [7, 11) is 0. The van der Waals surface area contributed by atoms with Crippen molar-refractivity contribution in [1.82, 2.24) is 9.97 Å². The monoisotopic (exact) mass is 246 g/mol. The summed E-state index contributed by atoms with van der Waals surface area (Å²) in [6.45, 7) is 0. The van der Waals surface area contributed by atoms with Crippen LogP contribution in [0.1, 0.15) is 11.3 Å². The summed E-state index contributed by atoms with van der Waals surface area (Å²) < 4.78 is 0. The van der Waals surface area contributed by atoms with Crippen LogP contribution in [0.3, 0.4) is 0 Å². The van der Waals surface area contributed by atoms with Crippen LogP contribution >= 0.6 is 0 Å². The second kappa shape index (κ2) is 5.44. The molecule has 3 rings (SSSR count). The highest BCUT2D eigenvalue weighted by molar-refractivity contribution is 5.59. The van der Waals surface area contributed by atoms with Gasteiger partial charge in [0.25, 0.3) is 0 Å². The lowest BCUT2D eigenvalue weighted by Gasteiger charge is -2.04. The highest BCUT2D eigenvalue weighted by atomic mass is 14.7. The van der Waals surface area contributed by atoms with Gasteiger partial charge >= 0.3 is 0 Å². The number of rotatable bonds is 3. The molecule has 2 heteroatoms. The van der Waals surface area contributed by atoms with Gasteiger partial charge in [0.1, 0.15) is 0 Å². The Labute approximate surface area is 112 Å². The maximum Gasteiger partial charge on any atom is 0.0702 e. The standard InChI is InChI=1S/C17H14N2/c1-3-10-18-16(8-1)13-14-6-5-7-15(12-14)17-9-2-4-11-19-17/h1-12H,13H2. The van der Waals surface area contributed by atoms with E-state index in [4.69, 9.17) is 0 Å². The summed E-state index contributed by atoms with van der Waals surface area (Å²) in [6.07, 6.45) is 4.50. The van der Waals surface area contributed by atoms with Crippen LogP contribution in [0.15, 0.2) is 73.1 Å². The number of benzene rings is 1. The summed E-state index contributed by atoms with van der Waals surface area (Å²) in [6, 6.07) is 20.4. The first-order valence-corrected chi connectivity index (χ1v) is 6.32. The molecule has 2 aromatic heterocycles. The third-order valence-corrected chi connectivity index (χ3v) is 3.00. The Bertz CT molecular complexity index is 648. The summed E-state index contributed by atoms with van der Waals surface area (Å²) in [4.78, 5) is 8.74. The van der Waals surface area contributed by atoms with Crippen molar-refractivity contribution in [2.75, 3.05) is 0 Å². The van der Waals surface area contributed by atoms with Crippen molar-refractivity contribution in [2.24, 2.45) is 0 Å². The van der Waals surface area contributed by atoms with Crippen LogP contribution < -0.4 is 0 Å². The molecule has 3 aromatic rings. The normalized spacial score (nSPS) is 10.3. The molecule has 0 radical (unpaired) electrons. The molecule has 2 heterocycles. The SMILES string of the molecule is c1ccc(Cc2cccc(-c3ccccn3)c2)nc1. The van der Waals surface area contributed by atoms with Gasteiger partial charge in [0.15, 0.2) is 0 Å². The molecule has 92 valence electrons. The van der Waals surface area contributed by atoms with Crippen molar-refractivity contribution >= 4 is 0 Å². The molecule has 0 saturated heterocycles. The van der Waals surface area contributed by atoms with E-state index in [-0.39, 0.29) is 0 Å². The Balaban J connectivity index is 1.89. The van der Waals surface area contributed by atoms with Crippen LogP contribution in [0.4, 0.5) is 0 Å². The van der Waals surface area contributed by atoms with E-state index in [9.17, 15) is 0 Å². The van der Waals surface area contributed by atoms with Crippen LogP contribution in [0.2, 0.25) is 0 Å². The third-order valence-electron chi connectivity index (χ3n) is 3.00. The van der Waals surface area contributed by atoms with Gasteiger partial charge in [-0.15, -0.1) is 0 Å². The van der Waals surface area contributed by atoms with Crippen molar-refractivity contribution < 1.29 is 0 Å². The second-order valence-electron chi connectivity index (χ2n) is 4.41. The Morgan fingerprint density at radius 2 is 1.58 bits per heavy atom. The number of hydrogen-bond acceptors (Lipinski definition) is 2. The molecule has 19 heavy (non-hydrogen) atoms. The molecule has 0 aliphatic heterocycles. The first kappa shape index (κ1) is 11.6. The van der Waals surface area contributed by atoms with E-state index < -0.39 is 0 Å². The van der Waals surface area contributed by atoms with Crippen LogP contribution in [-0.4, -0.2) is 9.97 Å². The van der Waals surface area contributed by atoms with Gasteiger partial charge in [0.2, 0.25) is 0 Å². The zero-order valence-electron chi connectivity index (χ0n) is 10.5. The highest BCUT2D eigenvalue weighted by Crippen LogP contribution is 2.19. The van der Waals surface area contributed by atoms with Crippen LogP contribution in [0.5, 0.6) is 0 Å². The minimum absolute atomic E-state index is 0.849. The lowest BCUT2D eigenvalue weighted by molar-refractivity contribution is 1.07. The zero-order chi connectivity index (χ0) is 12.9. The average molecular weight is 246 g/mol. The third kappa shape index (κ3) is 2.86. The van der Waals surface area contributed by atoms with Crippen molar-refractivity contribution in [3.8, 4) is 11.3 Å². The van der Waals surface area contributed by atoms with Crippen LogP contribution in [0.25, 0.3) is 11.3 Å². The van der Waals surface area contributed by atoms with Gasteiger partial charge in [-0.2, -0.15) is 0 Å². The number of hydrogen-bond donors (Lipinski definition) is 0. The highest BCUT2D eigenvalue weighted by Gasteiger charge is 2.01. The van der Waals surface area contributed by atoms with Gasteiger partial charge < -0.3 is 0 Å². The van der Waals surface area contributed by atoms with E-state index in [1.54, 1.807) is 0 Å². The van der Waals surface area contributed by atoms with Crippen molar-refractivity contribution in [3.63, 3.8) is 0 Å². The predicted octanol–water partition coefficient (Wildman–Crippen LogP) is 3.73. The van der Waals surface area contributed by atoms with E-state index in [1.165, 1.54) is 5.56 Å². The van der Waals surface area contributed by atoms with Gasteiger partial charge in [-0.3, -0.25) is 9.97 Å². The molecule has 0 bridgehead atoms. The fraction of sp³-hybridized carbons (Fsp3) is 0.0588. The van der Waals surface area contributed by atoms with E-state index in [0.29, 0.717) is 0 Å². The molecule has 0 unspecified atom stereocenters. The molecule has 0 aliphatic carbocycles. The van der Waals surface area contributed by atoms with Crippen molar-refractivity contribution in [2.45, 2.75) is 6.42 Å². The molecule has 0 N–H and O–H groups in total. The Morgan fingerprint density at radius 3 is 2.32 bits per heavy atom. The Morgan fingerprint density at radius 1 is 0.737 bits per heavy atom. The van der Waals surface area contributed by atoms with Crippen molar-refractivity contribution in [3.05, 3.63) is 84.3 Å². The van der Waals surface area contributed by atoms with Crippen molar-refractivity contribution in [1.29, 1.82) is 0 Å². The smallest absolute Gasteiger partial charge is 0.0702 e. The summed E-state index contributed by atoms with van der Waals surface area (Å²) in [5.74, 6) is 0. The van der Waals surface area contributed by atoms with E-state index >= 15 is 0 Å². The molecule has 0 fully saturated rings. The molecule has 0 spiro atoms. The minimum Gasteiger partial charge on any atom is -0.261 e. The molecular formula is C17H14N2. The zero-order valence-corrected chi connectivity index (χ0v) is 10.5. The van der Waals surface area contributed by atoms with Gasteiger partial charge in [-0.25, -0.2) is 0 Å². The van der Waals surface area contributed by atoms with E-state index in [0.717, 1.165) is 23.4 Å². The molecule has 0 saturated carbocycles. The largest absolute Gasteiger partial charge is 0.261 e. The van der Waals surface area contributed by atoms with E-state index in [1.807, 2.05) is 48.8 Å². The Kier molecular flexibility index (Phi) is 3.32. The number of nitrogens with zero attached hydrogens (tertiary/aromatic N) is 2. The lowest BCUT2D eigenvalue weighted by Crippen LogP contribution is -1.92. The quantitative estimate of drug-likeness (QED) is 0.703. The van der Waals surface area contributed by atoms with Gasteiger partial charge in [-0.1, -0.05) is 30.3 Å². The number of pyridine rings is 2. The van der Waals surface area contributed by atoms with E-state index in [2.05, 4.69) is 34.2 Å². The maximum absolute atomic E-state index is 4.38. The fourth-order valence-electron chi connectivity index (χ4n) is 2.09. The fourth-order valence-corrected chi connectivity index (χ4v) is 2.09. The molecular weight excluding hydrogens is 232 g/mol. The molecule has 1 aromatic carbocycles. The molecule has 0 amide bonds. The summed E-state index contributed by atoms with van der Waals surface area (Å²) in [5, 5.41) is 0. The van der Waals surface area contributed by atoms with Gasteiger partial charge in [0, 0.05) is 30.1 Å². The lowest BCUT2D eigenvalue weighted by atomic mass is 10.0. The van der Waals surface area contributed by atoms with Gasteiger partial charge in [-0.05, 0) is 35.9 Å². The average Bonchev–Trinajstić information content (AvgIpc) is 2.49. The topological polar surface area (TPSA) is 25.8 Å². The molecule has 0 atom stereocenters. The minimum atomic E-state index is 0.849. The second-order valence-corrected chi connectivity index (χ2v) is 4.41. The first-order valence-electron chi connectivity index (χ1n) is 6.32. The molecule has 2 nitrogen and oxygen atoms in total. The van der Waals surface area contributed by atoms with Crippen LogP contribution in [-0.2, 0) is 6.42 Å². The predicted molar refractivity (Wildman–Crippen MR) is 76.7 cm³/mol. The van der Waals surface area contributed by atoms with Crippen LogP contribution in [0, 0.1) is 0 Å². The number of aromatic nitrogens is 2. The maximum atomic E-state index is 4.38. The molecule has 0 aliphatic rings. The summed E-state index contributed by atoms with van der Waals surface area (Å²) >= 11 is 0. The Hall–Kier alpha value is -2.48. The summed E-state index contributed by atoms with van der Waals surface area (Å²) in [5.41, 5.74) is 4.49.